The van der Waals surface area contributed by atoms with E-state index >= 15 is 0 Å². The molecule has 118 valence electrons. The average Bonchev–Trinajstić information content (AvgIpc) is 2.43. The molecule has 0 aliphatic carbocycles. The number of benzene rings is 1. The van der Waals surface area contributed by atoms with Crippen LogP contribution in [0.25, 0.3) is 0 Å². The molecule has 9 heteroatoms. The molecular formula is C12H17BrFN3O3S. The van der Waals surface area contributed by atoms with Gasteiger partial charge in [0, 0.05) is 4.47 Å². The first-order valence-electron chi connectivity index (χ1n) is 6.19. The summed E-state index contributed by atoms with van der Waals surface area (Å²) in [5, 5.41) is 11.7. The van der Waals surface area contributed by atoms with Crippen molar-refractivity contribution in [3.63, 3.8) is 0 Å². The summed E-state index contributed by atoms with van der Waals surface area (Å²) in [6.07, 6.45) is 0.494. The van der Waals surface area contributed by atoms with E-state index in [1.807, 2.05) is 0 Å². The van der Waals surface area contributed by atoms with Gasteiger partial charge in [0.25, 0.3) is 0 Å². The zero-order valence-corrected chi connectivity index (χ0v) is 14.0. The molecule has 1 aromatic rings. The zero-order valence-electron chi connectivity index (χ0n) is 11.6. The van der Waals surface area contributed by atoms with Gasteiger partial charge in [0.2, 0.25) is 10.0 Å². The first-order chi connectivity index (χ1) is 9.72. The minimum Gasteiger partial charge on any atom is -0.409 e. The molecule has 1 rings (SSSR count). The predicted molar refractivity (Wildman–Crippen MR) is 81.1 cm³/mol. The van der Waals surface area contributed by atoms with E-state index in [9.17, 15) is 12.8 Å². The van der Waals surface area contributed by atoms with E-state index in [-0.39, 0.29) is 18.7 Å². The number of nitrogens with zero attached hydrogens (tertiary/aromatic N) is 1. The fourth-order valence-electron chi connectivity index (χ4n) is 1.91. The molecule has 0 atom stereocenters. The number of oxime groups is 1. The molecule has 0 bridgehead atoms. The monoisotopic (exact) mass is 381 g/mol. The van der Waals surface area contributed by atoms with E-state index in [4.69, 9.17) is 10.9 Å². The highest BCUT2D eigenvalue weighted by molar-refractivity contribution is 9.10. The van der Waals surface area contributed by atoms with E-state index in [0.29, 0.717) is 4.47 Å². The standard InChI is InChI=1S/C12H17BrFN3O3S/c1-3-12(4-2,11(15)16-18)17-21(19,20)10-6-5-8(13)7-9(10)14/h5-7,17-18H,3-4H2,1-2H3,(H2,15,16). The topological polar surface area (TPSA) is 105 Å². The van der Waals surface area contributed by atoms with Gasteiger partial charge in [0.1, 0.15) is 10.7 Å². The second-order valence-electron chi connectivity index (χ2n) is 4.45. The number of hydrogen-bond acceptors (Lipinski definition) is 4. The summed E-state index contributed by atoms with van der Waals surface area (Å²) in [5.74, 6) is -1.16. The average molecular weight is 382 g/mol. The van der Waals surface area contributed by atoms with E-state index in [2.05, 4.69) is 25.8 Å². The summed E-state index contributed by atoms with van der Waals surface area (Å²) in [5.41, 5.74) is 4.32. The maximum Gasteiger partial charge on any atom is 0.244 e. The number of sulfonamides is 1. The molecule has 0 spiro atoms. The van der Waals surface area contributed by atoms with Gasteiger partial charge in [-0.15, -0.1) is 0 Å². The summed E-state index contributed by atoms with van der Waals surface area (Å²) in [6, 6.07) is 3.61. The highest BCUT2D eigenvalue weighted by Crippen LogP contribution is 2.23. The molecule has 0 aliphatic rings. The molecule has 0 saturated heterocycles. The molecule has 0 saturated carbocycles. The molecule has 6 nitrogen and oxygen atoms in total. The number of nitrogens with two attached hydrogens (primary N) is 1. The molecule has 4 N–H and O–H groups in total. The van der Waals surface area contributed by atoms with Gasteiger partial charge in [-0.3, -0.25) is 0 Å². The Labute approximate surface area is 131 Å². The van der Waals surface area contributed by atoms with Crippen LogP contribution in [0.15, 0.2) is 32.7 Å². The zero-order chi connectivity index (χ0) is 16.3. The maximum atomic E-state index is 13.9. The number of halogens is 2. The van der Waals surface area contributed by atoms with Crippen molar-refractivity contribution in [2.75, 3.05) is 0 Å². The van der Waals surface area contributed by atoms with Crippen LogP contribution >= 0.6 is 15.9 Å². The van der Waals surface area contributed by atoms with Gasteiger partial charge in [0.15, 0.2) is 5.84 Å². The van der Waals surface area contributed by atoms with Crippen molar-refractivity contribution >= 4 is 31.8 Å². The Morgan fingerprint density at radius 1 is 1.48 bits per heavy atom. The van der Waals surface area contributed by atoms with Gasteiger partial charge in [-0.05, 0) is 31.0 Å². The largest absolute Gasteiger partial charge is 0.409 e. The summed E-state index contributed by atoms with van der Waals surface area (Å²) in [6.45, 7) is 3.37. The van der Waals surface area contributed by atoms with E-state index < -0.39 is 26.3 Å². The van der Waals surface area contributed by atoms with Crippen LogP contribution in [0.2, 0.25) is 0 Å². The Balaban J connectivity index is 3.31. The van der Waals surface area contributed by atoms with Crippen molar-refractivity contribution in [2.45, 2.75) is 37.1 Å². The van der Waals surface area contributed by atoms with Gasteiger partial charge in [-0.25, -0.2) is 12.8 Å². The predicted octanol–water partition coefficient (Wildman–Crippen LogP) is 2.17. The molecule has 0 unspecified atom stereocenters. The summed E-state index contributed by atoms with van der Waals surface area (Å²) >= 11 is 3.06. The van der Waals surface area contributed by atoms with Gasteiger partial charge in [-0.2, -0.15) is 4.72 Å². The quantitative estimate of drug-likeness (QED) is 0.304. The van der Waals surface area contributed by atoms with Crippen molar-refractivity contribution in [1.82, 2.24) is 4.72 Å². The molecule has 21 heavy (non-hydrogen) atoms. The lowest BCUT2D eigenvalue weighted by Gasteiger charge is -2.30. The minimum absolute atomic E-state index is 0.247. The van der Waals surface area contributed by atoms with Gasteiger partial charge in [0.05, 0.1) is 5.54 Å². The van der Waals surface area contributed by atoms with Crippen molar-refractivity contribution in [2.24, 2.45) is 10.9 Å². The highest BCUT2D eigenvalue weighted by Gasteiger charge is 2.37. The second-order valence-corrected chi connectivity index (χ2v) is 7.02. The Kier molecular flexibility index (Phi) is 5.71. The third kappa shape index (κ3) is 3.72. The molecule has 0 aliphatic heterocycles. The Morgan fingerprint density at radius 2 is 2.05 bits per heavy atom. The van der Waals surface area contributed by atoms with Crippen LogP contribution in [0.5, 0.6) is 0 Å². The summed E-state index contributed by atoms with van der Waals surface area (Å²) < 4.78 is 41.3. The molecular weight excluding hydrogens is 365 g/mol. The van der Waals surface area contributed by atoms with Crippen LogP contribution < -0.4 is 10.5 Å². The van der Waals surface area contributed by atoms with Gasteiger partial charge >= 0.3 is 0 Å². The molecule has 0 fully saturated rings. The molecule has 0 amide bonds. The van der Waals surface area contributed by atoms with Crippen LogP contribution in [0.1, 0.15) is 26.7 Å². The SMILES string of the molecule is CCC(CC)(NS(=O)(=O)c1ccc(Br)cc1F)/C(N)=N/O. The number of hydrogen-bond donors (Lipinski definition) is 3. The van der Waals surface area contributed by atoms with Gasteiger partial charge < -0.3 is 10.9 Å². The van der Waals surface area contributed by atoms with Crippen LogP contribution in [-0.2, 0) is 10.0 Å². The van der Waals surface area contributed by atoms with Gasteiger partial charge in [-0.1, -0.05) is 34.9 Å². The van der Waals surface area contributed by atoms with Crippen molar-refractivity contribution in [1.29, 1.82) is 0 Å². The van der Waals surface area contributed by atoms with Crippen LogP contribution in [-0.4, -0.2) is 25.0 Å². The van der Waals surface area contributed by atoms with Crippen molar-refractivity contribution < 1.29 is 18.0 Å². The third-order valence-corrected chi connectivity index (χ3v) is 5.38. The van der Waals surface area contributed by atoms with E-state index in [1.54, 1.807) is 13.8 Å². The Hall–Kier alpha value is -1.19. The molecule has 0 radical (unpaired) electrons. The fourth-order valence-corrected chi connectivity index (χ4v) is 3.82. The van der Waals surface area contributed by atoms with E-state index in [0.717, 1.165) is 12.1 Å². The smallest absolute Gasteiger partial charge is 0.244 e. The normalized spacial score (nSPS) is 13.4. The number of rotatable bonds is 6. The second kappa shape index (κ2) is 6.71. The maximum absolute atomic E-state index is 13.9. The van der Waals surface area contributed by atoms with Crippen LogP contribution in [0, 0.1) is 5.82 Å². The summed E-state index contributed by atoms with van der Waals surface area (Å²) in [4.78, 5) is -0.497. The fraction of sp³-hybridized carbons (Fsp3) is 0.417. The first kappa shape index (κ1) is 17.9. The first-order valence-corrected chi connectivity index (χ1v) is 8.47. The number of nitrogens with one attached hydrogen (secondary N) is 1. The lowest BCUT2D eigenvalue weighted by molar-refractivity contribution is 0.307. The highest BCUT2D eigenvalue weighted by atomic mass is 79.9. The molecule has 0 heterocycles. The lowest BCUT2D eigenvalue weighted by Crippen LogP contribution is -2.56. The Morgan fingerprint density at radius 3 is 2.48 bits per heavy atom. The molecule has 0 aromatic heterocycles. The molecule has 1 aromatic carbocycles. The van der Waals surface area contributed by atoms with Crippen LogP contribution in [0.4, 0.5) is 4.39 Å². The third-order valence-electron chi connectivity index (χ3n) is 3.32. The van der Waals surface area contributed by atoms with Crippen molar-refractivity contribution in [3.05, 3.63) is 28.5 Å². The Bertz CT molecular complexity index is 645. The lowest BCUT2D eigenvalue weighted by atomic mass is 9.93. The van der Waals surface area contributed by atoms with Crippen LogP contribution in [0.3, 0.4) is 0 Å². The van der Waals surface area contributed by atoms with Crippen molar-refractivity contribution in [3.8, 4) is 0 Å². The summed E-state index contributed by atoms with van der Waals surface area (Å²) in [7, 11) is -4.16. The minimum atomic E-state index is -4.16. The number of amidine groups is 1. The van der Waals surface area contributed by atoms with E-state index in [1.165, 1.54) is 6.07 Å².